The summed E-state index contributed by atoms with van der Waals surface area (Å²) in [5, 5.41) is 3.01. The molecule has 1 aliphatic rings. The van der Waals surface area contributed by atoms with Gasteiger partial charge < -0.3 is 15.8 Å². The highest BCUT2D eigenvalue weighted by Crippen LogP contribution is 2.30. The molecule has 1 saturated carbocycles. The standard InChI is InChI=1S/C12H16F3N3O/c1-2-19-9-5-8(16)11(9)18-10-4-3-7(6-17-10)12(13,14)15/h3-4,6,8-9,11H,2,5,16H2,1H3,(H,17,18). The Morgan fingerprint density at radius 2 is 2.21 bits per heavy atom. The topological polar surface area (TPSA) is 60.2 Å². The normalized spacial score (nSPS) is 26.9. The molecule has 1 aliphatic carbocycles. The summed E-state index contributed by atoms with van der Waals surface area (Å²) in [6, 6.07) is 2.12. The zero-order valence-electron chi connectivity index (χ0n) is 10.4. The molecule has 1 aromatic rings. The molecule has 1 aromatic heterocycles. The molecule has 0 aliphatic heterocycles. The fourth-order valence-corrected chi connectivity index (χ4v) is 2.04. The highest BCUT2D eigenvalue weighted by molar-refractivity contribution is 5.39. The van der Waals surface area contributed by atoms with Gasteiger partial charge in [0.15, 0.2) is 0 Å². The van der Waals surface area contributed by atoms with Gasteiger partial charge in [-0.05, 0) is 25.5 Å². The summed E-state index contributed by atoms with van der Waals surface area (Å²) in [6.07, 6.45) is -2.83. The molecule has 0 bridgehead atoms. The minimum Gasteiger partial charge on any atom is -0.376 e. The van der Waals surface area contributed by atoms with Crippen LogP contribution in [0, 0.1) is 0 Å². The Bertz CT molecular complexity index is 419. The predicted octanol–water partition coefficient (Wildman–Crippen LogP) is 2.02. The number of hydrogen-bond acceptors (Lipinski definition) is 4. The molecule has 0 amide bonds. The highest BCUT2D eigenvalue weighted by atomic mass is 19.4. The summed E-state index contributed by atoms with van der Waals surface area (Å²) in [4.78, 5) is 3.75. The lowest BCUT2D eigenvalue weighted by molar-refractivity contribution is -0.137. The van der Waals surface area contributed by atoms with E-state index in [0.29, 0.717) is 12.4 Å². The number of nitrogens with two attached hydrogens (primary N) is 1. The van der Waals surface area contributed by atoms with Gasteiger partial charge in [-0.15, -0.1) is 0 Å². The van der Waals surface area contributed by atoms with Crippen LogP contribution in [0.1, 0.15) is 18.9 Å². The van der Waals surface area contributed by atoms with E-state index in [0.717, 1.165) is 18.7 Å². The Hall–Kier alpha value is -1.34. The van der Waals surface area contributed by atoms with Crippen LogP contribution >= 0.6 is 0 Å². The Balaban J connectivity index is 1.99. The summed E-state index contributed by atoms with van der Waals surface area (Å²) < 4.78 is 42.6. The molecule has 0 aromatic carbocycles. The van der Waals surface area contributed by atoms with E-state index in [4.69, 9.17) is 10.5 Å². The molecule has 3 atom stereocenters. The van der Waals surface area contributed by atoms with Gasteiger partial charge in [0.25, 0.3) is 0 Å². The number of halogens is 3. The molecule has 3 unspecified atom stereocenters. The smallest absolute Gasteiger partial charge is 0.376 e. The maximum atomic E-state index is 12.4. The minimum absolute atomic E-state index is 0.0101. The van der Waals surface area contributed by atoms with Crippen LogP contribution in [0.4, 0.5) is 19.0 Å². The van der Waals surface area contributed by atoms with Crippen molar-refractivity contribution >= 4 is 5.82 Å². The molecule has 106 valence electrons. The zero-order valence-corrected chi connectivity index (χ0v) is 10.4. The third kappa shape index (κ3) is 3.16. The first-order valence-corrected chi connectivity index (χ1v) is 6.08. The van der Waals surface area contributed by atoms with Crippen molar-refractivity contribution in [1.82, 2.24) is 4.98 Å². The monoisotopic (exact) mass is 275 g/mol. The summed E-state index contributed by atoms with van der Waals surface area (Å²) in [7, 11) is 0. The minimum atomic E-state index is -4.37. The average Bonchev–Trinajstić information content (AvgIpc) is 2.35. The van der Waals surface area contributed by atoms with Crippen LogP contribution in [0.25, 0.3) is 0 Å². The second-order valence-corrected chi connectivity index (χ2v) is 4.49. The van der Waals surface area contributed by atoms with Crippen LogP contribution in [-0.4, -0.2) is 29.8 Å². The first-order valence-electron chi connectivity index (χ1n) is 6.08. The van der Waals surface area contributed by atoms with Crippen LogP contribution in [-0.2, 0) is 10.9 Å². The van der Waals surface area contributed by atoms with Crippen LogP contribution in [0.2, 0.25) is 0 Å². The van der Waals surface area contributed by atoms with Crippen molar-refractivity contribution in [3.63, 3.8) is 0 Å². The Kier molecular flexibility index (Phi) is 3.96. The second-order valence-electron chi connectivity index (χ2n) is 4.49. The van der Waals surface area contributed by atoms with Crippen molar-refractivity contribution in [2.24, 2.45) is 5.73 Å². The molecule has 4 nitrogen and oxygen atoms in total. The number of nitrogens with zero attached hydrogens (tertiary/aromatic N) is 1. The summed E-state index contributed by atoms with van der Waals surface area (Å²) in [5.74, 6) is 0.373. The number of anilines is 1. The van der Waals surface area contributed by atoms with Crippen LogP contribution in [0.15, 0.2) is 18.3 Å². The van der Waals surface area contributed by atoms with Crippen molar-refractivity contribution < 1.29 is 17.9 Å². The summed E-state index contributed by atoms with van der Waals surface area (Å²) >= 11 is 0. The largest absolute Gasteiger partial charge is 0.417 e. The van der Waals surface area contributed by atoms with Gasteiger partial charge in [-0.25, -0.2) is 4.98 Å². The number of rotatable bonds is 4. The Labute approximate surface area is 109 Å². The molecular formula is C12H16F3N3O. The molecule has 3 N–H and O–H groups in total. The van der Waals surface area contributed by atoms with Crippen molar-refractivity contribution in [3.05, 3.63) is 23.9 Å². The van der Waals surface area contributed by atoms with E-state index in [-0.39, 0.29) is 18.2 Å². The number of ether oxygens (including phenoxy) is 1. The van der Waals surface area contributed by atoms with Gasteiger partial charge in [0.1, 0.15) is 5.82 Å². The van der Waals surface area contributed by atoms with E-state index in [1.165, 1.54) is 6.07 Å². The molecule has 0 radical (unpaired) electrons. The fourth-order valence-electron chi connectivity index (χ4n) is 2.04. The molecular weight excluding hydrogens is 259 g/mol. The van der Waals surface area contributed by atoms with Crippen LogP contribution in [0.3, 0.4) is 0 Å². The molecule has 7 heteroatoms. The third-order valence-electron chi connectivity index (χ3n) is 3.15. The van der Waals surface area contributed by atoms with Crippen LogP contribution < -0.4 is 11.1 Å². The lowest BCUT2D eigenvalue weighted by atomic mass is 9.83. The number of hydrogen-bond donors (Lipinski definition) is 2. The zero-order chi connectivity index (χ0) is 14.0. The van der Waals surface area contributed by atoms with E-state index in [9.17, 15) is 13.2 Å². The maximum absolute atomic E-state index is 12.4. The number of alkyl halides is 3. The number of nitrogens with one attached hydrogen (secondary N) is 1. The van der Waals surface area contributed by atoms with Crippen molar-refractivity contribution in [3.8, 4) is 0 Å². The lowest BCUT2D eigenvalue weighted by Crippen LogP contribution is -2.60. The molecule has 2 rings (SSSR count). The number of pyridine rings is 1. The second kappa shape index (κ2) is 5.34. The van der Waals surface area contributed by atoms with E-state index in [2.05, 4.69) is 10.3 Å². The molecule has 0 saturated heterocycles. The Morgan fingerprint density at radius 3 is 2.68 bits per heavy atom. The van der Waals surface area contributed by atoms with Gasteiger partial charge in [0.05, 0.1) is 17.7 Å². The van der Waals surface area contributed by atoms with Crippen LogP contribution in [0.5, 0.6) is 0 Å². The van der Waals surface area contributed by atoms with Gasteiger partial charge in [-0.2, -0.15) is 13.2 Å². The van der Waals surface area contributed by atoms with E-state index < -0.39 is 11.7 Å². The molecule has 1 fully saturated rings. The van der Waals surface area contributed by atoms with Gasteiger partial charge in [-0.1, -0.05) is 0 Å². The lowest BCUT2D eigenvalue weighted by Gasteiger charge is -2.42. The first-order chi connectivity index (χ1) is 8.91. The summed E-state index contributed by atoms with van der Waals surface area (Å²) in [6.45, 7) is 2.47. The van der Waals surface area contributed by atoms with Crippen molar-refractivity contribution in [2.75, 3.05) is 11.9 Å². The first kappa shape index (κ1) is 14.1. The fraction of sp³-hybridized carbons (Fsp3) is 0.583. The molecule has 1 heterocycles. The highest BCUT2D eigenvalue weighted by Gasteiger charge is 2.39. The molecule has 0 spiro atoms. The van der Waals surface area contributed by atoms with Crippen molar-refractivity contribution in [2.45, 2.75) is 37.7 Å². The summed E-state index contributed by atoms with van der Waals surface area (Å²) in [5.41, 5.74) is 5.07. The Morgan fingerprint density at radius 1 is 1.47 bits per heavy atom. The SMILES string of the molecule is CCOC1CC(N)C1Nc1ccc(C(F)(F)F)cn1. The van der Waals surface area contributed by atoms with Gasteiger partial charge in [0.2, 0.25) is 0 Å². The van der Waals surface area contributed by atoms with Crippen molar-refractivity contribution in [1.29, 1.82) is 0 Å². The van der Waals surface area contributed by atoms with E-state index in [1.54, 1.807) is 0 Å². The molecule has 19 heavy (non-hydrogen) atoms. The third-order valence-corrected chi connectivity index (χ3v) is 3.15. The van der Waals surface area contributed by atoms with Gasteiger partial charge >= 0.3 is 6.18 Å². The quantitative estimate of drug-likeness (QED) is 0.882. The van der Waals surface area contributed by atoms with E-state index in [1.807, 2.05) is 6.92 Å². The van der Waals surface area contributed by atoms with E-state index >= 15 is 0 Å². The predicted molar refractivity (Wildman–Crippen MR) is 64.7 cm³/mol. The average molecular weight is 275 g/mol. The van der Waals surface area contributed by atoms with Gasteiger partial charge in [0, 0.05) is 18.8 Å². The maximum Gasteiger partial charge on any atom is 0.417 e. The number of aromatic nitrogens is 1. The van der Waals surface area contributed by atoms with Gasteiger partial charge in [-0.3, -0.25) is 0 Å².